The molecule has 0 unspecified atom stereocenters. The van der Waals surface area contributed by atoms with E-state index in [1.54, 1.807) is 0 Å². The summed E-state index contributed by atoms with van der Waals surface area (Å²) in [6, 6.07) is 0. The molecule has 0 rings (SSSR count). The number of aliphatic imine (C=N–C) groups is 2. The van der Waals surface area contributed by atoms with Gasteiger partial charge in [-0.25, -0.2) is 0 Å². The third-order valence-corrected chi connectivity index (χ3v) is 0.490. The normalized spacial score (nSPS) is 8.73. The molecular formula is C7H6N2VW. The minimum absolute atomic E-state index is 0. The molecule has 0 saturated carbocycles. The molecule has 0 aliphatic heterocycles. The summed E-state index contributed by atoms with van der Waals surface area (Å²) < 4.78 is 0. The van der Waals surface area contributed by atoms with Crippen LogP contribution in [0.4, 0.5) is 0 Å². The van der Waals surface area contributed by atoms with Gasteiger partial charge in [0.25, 0.3) is 0 Å². The Morgan fingerprint density at radius 1 is 1.09 bits per heavy atom. The van der Waals surface area contributed by atoms with Gasteiger partial charge in [0.1, 0.15) is 0 Å². The van der Waals surface area contributed by atoms with Crippen molar-refractivity contribution in [3.8, 4) is 0 Å². The number of hydrogen-bond acceptors (Lipinski definition) is 2. The Labute approximate surface area is 93.7 Å². The van der Waals surface area contributed by atoms with Crippen molar-refractivity contribution in [3.05, 3.63) is 25.6 Å². The van der Waals surface area contributed by atoms with Crippen molar-refractivity contribution < 1.29 is 39.6 Å². The first-order chi connectivity index (χ1) is 4.41. The molecule has 0 atom stereocenters. The minimum Gasteiger partial charge on any atom is -0.601 e. The second-order valence-corrected chi connectivity index (χ2v) is 1.05. The average molecular weight is 353 g/mol. The second kappa shape index (κ2) is 16.6. The van der Waals surface area contributed by atoms with Crippen molar-refractivity contribution in [2.24, 2.45) is 9.98 Å². The maximum atomic E-state index is 4.90. The Bertz CT molecular complexity index is 127. The van der Waals surface area contributed by atoms with Gasteiger partial charge in [0.2, 0.25) is 0 Å². The van der Waals surface area contributed by atoms with E-state index in [1.807, 2.05) is 0 Å². The molecule has 0 amide bonds. The van der Waals surface area contributed by atoms with E-state index >= 15 is 0 Å². The van der Waals surface area contributed by atoms with Crippen LogP contribution in [0.2, 0.25) is 0 Å². The van der Waals surface area contributed by atoms with Gasteiger partial charge in [0.05, 0.1) is 0 Å². The summed E-state index contributed by atoms with van der Waals surface area (Å²) in [7, 11) is 0. The van der Waals surface area contributed by atoms with E-state index in [1.165, 1.54) is 0 Å². The van der Waals surface area contributed by atoms with E-state index in [-0.39, 0.29) is 39.6 Å². The molecule has 11 heavy (non-hydrogen) atoms. The first-order valence-electron chi connectivity index (χ1n) is 2.34. The molecule has 2 nitrogen and oxygen atoms in total. The number of nitrogens with zero attached hydrogens (tertiary/aromatic N) is 2. The summed E-state index contributed by atoms with van der Waals surface area (Å²) in [4.78, 5) is 6.94. The van der Waals surface area contributed by atoms with Crippen LogP contribution in [0.1, 0.15) is 6.42 Å². The molecule has 0 aromatic rings. The fourth-order valence-corrected chi connectivity index (χ4v) is 0.232. The van der Waals surface area contributed by atoms with Gasteiger partial charge in [-0.05, 0) is 0 Å². The maximum Gasteiger partial charge on any atom is 2.00 e. The zero-order valence-electron chi connectivity index (χ0n) is 5.77. The average Bonchev–Trinajstić information content (AvgIpc) is 1.89. The Balaban J connectivity index is -0.000000320. The van der Waals surface area contributed by atoms with E-state index in [9.17, 15) is 0 Å². The molecule has 0 spiro atoms. The second-order valence-electron chi connectivity index (χ2n) is 1.05. The summed E-state index contributed by atoms with van der Waals surface area (Å²) >= 11 is 0. The number of rotatable bonds is 4. The van der Waals surface area contributed by atoms with E-state index in [2.05, 4.69) is 22.4 Å². The molecule has 0 fully saturated rings. The first kappa shape index (κ1) is 17.3. The van der Waals surface area contributed by atoms with Crippen LogP contribution in [0.3, 0.4) is 0 Å². The molecule has 0 aromatic carbocycles. The molecule has 0 aliphatic carbocycles. The first-order valence-corrected chi connectivity index (χ1v) is 2.34. The van der Waals surface area contributed by atoms with Crippen molar-refractivity contribution >= 4 is 12.4 Å². The molecule has 0 aromatic heterocycles. The van der Waals surface area contributed by atoms with Gasteiger partial charge in [0, 0.05) is 0 Å². The SMILES string of the molecule is [CH-]=CN=[C-]C[C-]=NC=[CH-].[V+2].[W+2]. The summed E-state index contributed by atoms with van der Waals surface area (Å²) in [6.07, 6.45) is 7.77. The van der Waals surface area contributed by atoms with Gasteiger partial charge in [-0.3, -0.25) is 0 Å². The van der Waals surface area contributed by atoms with Gasteiger partial charge < -0.3 is 35.5 Å². The Morgan fingerprint density at radius 2 is 1.45 bits per heavy atom. The topological polar surface area (TPSA) is 24.7 Å². The zero-order valence-corrected chi connectivity index (χ0v) is 10.1. The molecule has 0 N–H and O–H groups in total. The molecule has 0 bridgehead atoms. The van der Waals surface area contributed by atoms with E-state index in [0.717, 1.165) is 12.4 Å². The Hall–Kier alpha value is 0.0927. The molecule has 0 heterocycles. The molecule has 4 heteroatoms. The van der Waals surface area contributed by atoms with Crippen LogP contribution in [-0.4, -0.2) is 12.4 Å². The van der Waals surface area contributed by atoms with Crippen LogP contribution < -0.4 is 0 Å². The smallest absolute Gasteiger partial charge is 0.601 e. The van der Waals surface area contributed by atoms with Crippen LogP contribution in [0, 0.1) is 13.2 Å². The van der Waals surface area contributed by atoms with Gasteiger partial charge >= 0.3 is 39.6 Å². The van der Waals surface area contributed by atoms with Crippen molar-refractivity contribution in [3.63, 3.8) is 0 Å². The summed E-state index contributed by atoms with van der Waals surface area (Å²) in [6.45, 7) is 9.80. The van der Waals surface area contributed by atoms with Gasteiger partial charge in [-0.2, -0.15) is 12.4 Å². The quantitative estimate of drug-likeness (QED) is 0.536. The predicted molar refractivity (Wildman–Crippen MR) is 37.2 cm³/mol. The fraction of sp³-hybridized carbons (Fsp3) is 0.143. The fourth-order valence-electron chi connectivity index (χ4n) is 0.232. The third-order valence-electron chi connectivity index (χ3n) is 0.490. The monoisotopic (exact) mass is 353 g/mol. The molecule has 1 radical (unpaired) electrons. The van der Waals surface area contributed by atoms with Crippen LogP contribution in [0.5, 0.6) is 0 Å². The van der Waals surface area contributed by atoms with Crippen LogP contribution in [-0.2, 0) is 39.6 Å². The van der Waals surface area contributed by atoms with Crippen molar-refractivity contribution in [2.45, 2.75) is 6.42 Å². The van der Waals surface area contributed by atoms with Gasteiger partial charge in [-0.15, -0.1) is 6.42 Å². The Morgan fingerprint density at radius 3 is 1.73 bits per heavy atom. The van der Waals surface area contributed by atoms with Crippen LogP contribution in [0.15, 0.2) is 22.4 Å². The van der Waals surface area contributed by atoms with Crippen molar-refractivity contribution in [2.75, 3.05) is 0 Å². The summed E-state index contributed by atoms with van der Waals surface area (Å²) in [5, 5.41) is 0. The maximum absolute atomic E-state index is 4.90. The molecule has 55 valence electrons. The van der Waals surface area contributed by atoms with Gasteiger partial charge in [0.15, 0.2) is 0 Å². The number of hydrogen-bond donors (Lipinski definition) is 0. The van der Waals surface area contributed by atoms with Gasteiger partial charge in [-0.1, -0.05) is 0 Å². The minimum atomic E-state index is 0. The molecular weight excluding hydrogens is 347 g/mol. The van der Waals surface area contributed by atoms with E-state index in [0.29, 0.717) is 6.42 Å². The van der Waals surface area contributed by atoms with E-state index in [4.69, 9.17) is 13.2 Å². The third kappa shape index (κ3) is 17.8. The van der Waals surface area contributed by atoms with Crippen LogP contribution >= 0.6 is 0 Å². The standard InChI is InChI=1S/C7H6N2.V.W/c1-3-8-6-5-7-9-4-2;;/h1-4H,5H2;;/q-4;2*+2. The van der Waals surface area contributed by atoms with Crippen LogP contribution in [0.25, 0.3) is 0 Å². The zero-order chi connectivity index (χ0) is 6.95. The summed E-state index contributed by atoms with van der Waals surface area (Å²) in [5.41, 5.74) is 0. The largest absolute Gasteiger partial charge is 2.00 e. The molecule has 0 saturated heterocycles. The summed E-state index contributed by atoms with van der Waals surface area (Å²) in [5.74, 6) is 0. The van der Waals surface area contributed by atoms with Crippen molar-refractivity contribution in [1.82, 2.24) is 0 Å². The molecule has 0 aliphatic rings. The van der Waals surface area contributed by atoms with Crippen molar-refractivity contribution in [1.29, 1.82) is 0 Å². The predicted octanol–water partition coefficient (Wildman–Crippen LogP) is 1.16. The Kier molecular flexibility index (Phi) is 26.0. The van der Waals surface area contributed by atoms with E-state index < -0.39 is 0 Å².